The van der Waals surface area contributed by atoms with Crippen LogP contribution in [0.25, 0.3) is 0 Å². The molecule has 1 saturated carbocycles. The van der Waals surface area contributed by atoms with Crippen LogP contribution in [0.1, 0.15) is 47.5 Å². The number of nitrogens with zero attached hydrogens (tertiary/aromatic N) is 1. The molecule has 3 heteroatoms. The Hall–Kier alpha value is -0.120. The molecule has 2 fully saturated rings. The van der Waals surface area contributed by atoms with E-state index in [-0.39, 0.29) is 5.54 Å². The highest BCUT2D eigenvalue weighted by Gasteiger charge is 2.52. The van der Waals surface area contributed by atoms with Crippen LogP contribution in [0, 0.1) is 11.3 Å². The van der Waals surface area contributed by atoms with E-state index >= 15 is 0 Å². The first-order valence-electron chi connectivity index (χ1n) is 7.76. The Balaban J connectivity index is 1.80. The van der Waals surface area contributed by atoms with E-state index in [1.807, 2.05) is 7.11 Å². The molecule has 19 heavy (non-hydrogen) atoms. The van der Waals surface area contributed by atoms with Gasteiger partial charge in [0.25, 0.3) is 0 Å². The van der Waals surface area contributed by atoms with Gasteiger partial charge >= 0.3 is 0 Å². The average molecular weight is 268 g/mol. The third-order valence-electron chi connectivity index (χ3n) is 5.09. The van der Waals surface area contributed by atoms with Crippen molar-refractivity contribution in [3.63, 3.8) is 0 Å². The van der Waals surface area contributed by atoms with Gasteiger partial charge in [0.05, 0.1) is 6.10 Å². The molecule has 0 spiro atoms. The molecule has 0 radical (unpaired) electrons. The van der Waals surface area contributed by atoms with Crippen LogP contribution in [-0.2, 0) is 4.74 Å². The molecular formula is C16H32N2O. The van der Waals surface area contributed by atoms with E-state index < -0.39 is 0 Å². The predicted octanol–water partition coefficient (Wildman–Crippen LogP) is 2.51. The van der Waals surface area contributed by atoms with Crippen LogP contribution in [-0.4, -0.2) is 49.3 Å². The predicted molar refractivity (Wildman–Crippen MR) is 80.4 cm³/mol. The first-order chi connectivity index (χ1) is 8.74. The lowest BCUT2D eigenvalue weighted by atomic mass is 9.64. The SMILES string of the molecule is COC1CC(N2CCC(CNC(C)(C)C)C2)C1(C)C. The maximum absolute atomic E-state index is 5.57. The minimum absolute atomic E-state index is 0.240. The molecule has 1 aliphatic carbocycles. The molecule has 112 valence electrons. The van der Waals surface area contributed by atoms with Gasteiger partial charge < -0.3 is 10.1 Å². The monoisotopic (exact) mass is 268 g/mol. The van der Waals surface area contributed by atoms with E-state index in [0.29, 0.717) is 11.5 Å². The van der Waals surface area contributed by atoms with Crippen molar-refractivity contribution in [1.29, 1.82) is 0 Å². The summed E-state index contributed by atoms with van der Waals surface area (Å²) >= 11 is 0. The Bertz CT molecular complexity index is 308. The van der Waals surface area contributed by atoms with E-state index in [2.05, 4.69) is 44.8 Å². The molecule has 0 aromatic carbocycles. The highest BCUT2D eigenvalue weighted by Crippen LogP contribution is 2.46. The third-order valence-corrected chi connectivity index (χ3v) is 5.09. The second kappa shape index (κ2) is 5.34. The smallest absolute Gasteiger partial charge is 0.0652 e. The van der Waals surface area contributed by atoms with Crippen LogP contribution in [0.15, 0.2) is 0 Å². The molecule has 0 aromatic heterocycles. The van der Waals surface area contributed by atoms with Crippen molar-refractivity contribution < 1.29 is 4.74 Å². The molecule has 1 N–H and O–H groups in total. The molecule has 2 rings (SSSR count). The summed E-state index contributed by atoms with van der Waals surface area (Å²) in [7, 11) is 1.85. The fraction of sp³-hybridized carbons (Fsp3) is 1.00. The maximum atomic E-state index is 5.57. The van der Waals surface area contributed by atoms with E-state index in [1.165, 1.54) is 25.9 Å². The van der Waals surface area contributed by atoms with Crippen molar-refractivity contribution in [2.45, 2.75) is 65.1 Å². The minimum atomic E-state index is 0.240. The highest BCUT2D eigenvalue weighted by molar-refractivity contribution is 5.05. The summed E-state index contributed by atoms with van der Waals surface area (Å²) in [4.78, 5) is 2.70. The molecule has 0 bridgehead atoms. The minimum Gasteiger partial charge on any atom is -0.381 e. The molecule has 0 amide bonds. The summed E-state index contributed by atoms with van der Waals surface area (Å²) in [5.41, 5.74) is 0.561. The van der Waals surface area contributed by atoms with E-state index in [4.69, 9.17) is 4.74 Å². The van der Waals surface area contributed by atoms with Gasteiger partial charge in [-0.25, -0.2) is 0 Å². The lowest BCUT2D eigenvalue weighted by molar-refractivity contribution is -0.133. The second-order valence-electron chi connectivity index (χ2n) is 8.08. The van der Waals surface area contributed by atoms with Crippen molar-refractivity contribution in [2.24, 2.45) is 11.3 Å². The van der Waals surface area contributed by atoms with Gasteiger partial charge in [-0.3, -0.25) is 4.90 Å². The number of likely N-dealkylation sites (tertiary alicyclic amines) is 1. The van der Waals surface area contributed by atoms with Crippen LogP contribution in [0.2, 0.25) is 0 Å². The van der Waals surface area contributed by atoms with Gasteiger partial charge in [-0.15, -0.1) is 0 Å². The topological polar surface area (TPSA) is 24.5 Å². The van der Waals surface area contributed by atoms with Gasteiger partial charge in [-0.2, -0.15) is 0 Å². The summed E-state index contributed by atoms with van der Waals surface area (Å²) in [5, 5.41) is 3.65. The Morgan fingerprint density at radius 2 is 2.00 bits per heavy atom. The lowest BCUT2D eigenvalue weighted by Crippen LogP contribution is -2.61. The number of hydrogen-bond donors (Lipinski definition) is 1. The molecule has 1 saturated heterocycles. The molecule has 1 aliphatic heterocycles. The van der Waals surface area contributed by atoms with Crippen molar-refractivity contribution in [3.05, 3.63) is 0 Å². The van der Waals surface area contributed by atoms with Crippen molar-refractivity contribution in [3.8, 4) is 0 Å². The van der Waals surface area contributed by atoms with Crippen LogP contribution in [0.5, 0.6) is 0 Å². The van der Waals surface area contributed by atoms with Gasteiger partial charge in [0.15, 0.2) is 0 Å². The zero-order chi connectivity index (χ0) is 14.3. The van der Waals surface area contributed by atoms with Crippen molar-refractivity contribution in [2.75, 3.05) is 26.7 Å². The van der Waals surface area contributed by atoms with Gasteiger partial charge in [-0.05, 0) is 52.6 Å². The van der Waals surface area contributed by atoms with Crippen LogP contribution >= 0.6 is 0 Å². The molecule has 0 aromatic rings. The van der Waals surface area contributed by atoms with E-state index in [1.54, 1.807) is 0 Å². The Morgan fingerprint density at radius 1 is 1.32 bits per heavy atom. The van der Waals surface area contributed by atoms with Gasteiger partial charge in [-0.1, -0.05) is 13.8 Å². The second-order valence-corrected chi connectivity index (χ2v) is 8.08. The Kier molecular flexibility index (Phi) is 4.29. The quantitative estimate of drug-likeness (QED) is 0.848. The number of rotatable bonds is 4. The van der Waals surface area contributed by atoms with Gasteiger partial charge in [0.2, 0.25) is 0 Å². The molecule has 2 aliphatic rings. The first kappa shape index (κ1) is 15.3. The van der Waals surface area contributed by atoms with Gasteiger partial charge in [0.1, 0.15) is 0 Å². The fourth-order valence-corrected chi connectivity index (χ4v) is 3.65. The average Bonchev–Trinajstić information content (AvgIpc) is 2.73. The van der Waals surface area contributed by atoms with E-state index in [9.17, 15) is 0 Å². The summed E-state index contributed by atoms with van der Waals surface area (Å²) in [6.07, 6.45) is 3.00. The fourth-order valence-electron chi connectivity index (χ4n) is 3.65. The summed E-state index contributed by atoms with van der Waals surface area (Å²) < 4.78 is 5.57. The molecular weight excluding hydrogens is 236 g/mol. The van der Waals surface area contributed by atoms with Crippen LogP contribution < -0.4 is 5.32 Å². The Labute approximate surface area is 119 Å². The standard InChI is InChI=1S/C16H32N2O/c1-15(2,3)17-10-12-7-8-18(11-12)13-9-14(19-6)16(13,4)5/h12-14,17H,7-11H2,1-6H3. The van der Waals surface area contributed by atoms with Crippen LogP contribution in [0.4, 0.5) is 0 Å². The number of ether oxygens (including phenoxy) is 1. The molecule has 3 unspecified atom stereocenters. The van der Waals surface area contributed by atoms with Crippen molar-refractivity contribution in [1.82, 2.24) is 10.2 Å². The van der Waals surface area contributed by atoms with E-state index in [0.717, 1.165) is 18.5 Å². The molecule has 3 atom stereocenters. The maximum Gasteiger partial charge on any atom is 0.0652 e. The lowest BCUT2D eigenvalue weighted by Gasteiger charge is -2.54. The number of methoxy groups -OCH3 is 1. The molecule has 3 nitrogen and oxygen atoms in total. The van der Waals surface area contributed by atoms with Crippen LogP contribution in [0.3, 0.4) is 0 Å². The summed E-state index contributed by atoms with van der Waals surface area (Å²) in [6.45, 7) is 15.1. The summed E-state index contributed by atoms with van der Waals surface area (Å²) in [6, 6.07) is 0.720. The number of hydrogen-bond acceptors (Lipinski definition) is 3. The van der Waals surface area contributed by atoms with Crippen molar-refractivity contribution >= 4 is 0 Å². The zero-order valence-corrected chi connectivity index (χ0v) is 13.6. The largest absolute Gasteiger partial charge is 0.381 e. The Morgan fingerprint density at radius 3 is 2.53 bits per heavy atom. The third kappa shape index (κ3) is 3.32. The molecule has 1 heterocycles. The first-order valence-corrected chi connectivity index (χ1v) is 7.76. The summed E-state index contributed by atoms with van der Waals surface area (Å²) in [5.74, 6) is 0.816. The highest BCUT2D eigenvalue weighted by atomic mass is 16.5. The zero-order valence-electron chi connectivity index (χ0n) is 13.6. The van der Waals surface area contributed by atoms with Gasteiger partial charge in [0, 0.05) is 30.7 Å². The normalized spacial score (nSPS) is 35.4. The number of nitrogens with one attached hydrogen (secondary N) is 1.